The molecule has 33 heteroatoms. The van der Waals surface area contributed by atoms with Crippen LogP contribution in [0, 0.1) is 57.5 Å². The molecule has 5 N–H and O–H groups in total. The van der Waals surface area contributed by atoms with E-state index in [9.17, 15) is 37.1 Å². The third-order valence-corrected chi connectivity index (χ3v) is 18.9. The van der Waals surface area contributed by atoms with E-state index in [1.807, 2.05) is 87.1 Å². The summed E-state index contributed by atoms with van der Waals surface area (Å²) >= 11 is 12.5. The number of terminal acetylenes is 1. The number of pyridine rings is 3. The Bertz CT molecular complexity index is 6060. The Morgan fingerprint density at radius 3 is 1.06 bits per heavy atom. The van der Waals surface area contributed by atoms with Crippen molar-refractivity contribution in [3.05, 3.63) is 372 Å². The molecule has 15 aromatic rings. The van der Waals surface area contributed by atoms with Crippen LogP contribution in [0.2, 0.25) is 10.0 Å². The lowest BCUT2D eigenvalue weighted by molar-refractivity contribution is 0.101. The lowest BCUT2D eigenvalue weighted by Gasteiger charge is -2.20. The molecule has 0 radical (unpaired) electrons. The molecule has 8 aromatic heterocycles. The SMILES string of the molecule is C#Cc1cccc(C(=O)Nc2cc(F)cc(N(C)c3cncnc3)c2)c1.Cc1cccc(C(=O)Nc2cc(Cl)cc(N(C)c3cncnc3)c2)c1.Cc1cccc(C(=O)Nc2cc(F)cc(N(C)c3cncnc3)c2)n1.Cc1cccc(C(=O)Nc2ccc(Cl)c(N(C)c3cncnc3)c2)n1.Cc1cccc(C(=O)Nc2ccc(F)c(N(C)c3cncnc3)c2)n1. The lowest BCUT2D eigenvalue weighted by Crippen LogP contribution is -2.16. The van der Waals surface area contributed by atoms with Gasteiger partial charge in [0.25, 0.3) is 29.5 Å². The van der Waals surface area contributed by atoms with E-state index < -0.39 is 23.4 Å². The van der Waals surface area contributed by atoms with Crippen molar-refractivity contribution in [1.29, 1.82) is 0 Å². The molecule has 0 atom stereocenters. The summed E-state index contributed by atoms with van der Waals surface area (Å²) in [6.45, 7) is 7.40. The number of carbonyl (C=O) groups is 5. The van der Waals surface area contributed by atoms with Crippen LogP contribution >= 0.6 is 23.2 Å². The second-order valence-electron chi connectivity index (χ2n) is 27.6. The summed E-state index contributed by atoms with van der Waals surface area (Å²) in [6.07, 6.45) is 28.9. The molecule has 15 rings (SSSR count). The van der Waals surface area contributed by atoms with Gasteiger partial charge >= 0.3 is 0 Å². The Morgan fingerprint density at radius 1 is 0.325 bits per heavy atom. The number of anilines is 15. The standard InChI is InChI=1S/C20H15FN4O.C19H17ClN4O.C18H16ClN5O.2C18H16FN5O/c1-3-14-5-4-6-15(7-14)20(26)24-17-8-16(21)9-18(10-17)25(2)19-11-22-13-23-12-19;1-13-4-3-5-14(6-13)19(25)23-16-7-15(20)8-17(9-16)24(2)18-10-21-12-22-11-18;1-12-4-3-5-16(22-12)18(25)23-13-6-7-15(19)17(8-13)24(2)14-9-20-11-21-10-14;1-12-4-3-5-17(22-12)18(25)23-14-6-13(19)7-15(8-14)24(2)16-9-20-11-21-10-16;1-12-4-3-5-16(22-12)18(25)23-13-6-7-15(19)17(8-13)24(2)14-9-20-11-21-10-14/h1,4-13H,2H3,(H,24,26);3-12H,1-2H3,(H,23,25);3*3-11H,1-2H3,(H,23,25). The number of benzene rings is 7. The molecule has 0 spiro atoms. The van der Waals surface area contributed by atoms with Crippen molar-refractivity contribution in [1.82, 2.24) is 64.8 Å². The number of halogens is 5. The molecule has 0 aliphatic carbocycles. The zero-order valence-corrected chi connectivity index (χ0v) is 70.7. The van der Waals surface area contributed by atoms with Gasteiger partial charge < -0.3 is 51.1 Å². The van der Waals surface area contributed by atoms with E-state index in [-0.39, 0.29) is 29.3 Å². The summed E-state index contributed by atoms with van der Waals surface area (Å²) < 4.78 is 42.2. The van der Waals surface area contributed by atoms with E-state index >= 15 is 0 Å². The topological polar surface area (TPSA) is 329 Å². The molecule has 28 nitrogen and oxygen atoms in total. The van der Waals surface area contributed by atoms with E-state index in [1.54, 1.807) is 220 Å². The van der Waals surface area contributed by atoms with Gasteiger partial charge in [-0.05, 0) is 185 Å². The molecule has 0 fully saturated rings. The average molecular weight is 1730 g/mol. The maximum Gasteiger partial charge on any atom is 0.274 e. The molecule has 7 aromatic carbocycles. The van der Waals surface area contributed by atoms with Crippen LogP contribution in [0.5, 0.6) is 0 Å². The third kappa shape index (κ3) is 25.9. The second-order valence-corrected chi connectivity index (χ2v) is 28.4. The summed E-state index contributed by atoms with van der Waals surface area (Å²) in [5.41, 5.74) is 14.8. The average Bonchev–Trinajstić information content (AvgIpc) is 0.872. The number of amides is 5. The first kappa shape index (κ1) is 90.4. The van der Waals surface area contributed by atoms with Crippen LogP contribution in [0.4, 0.5) is 98.5 Å². The van der Waals surface area contributed by atoms with E-state index in [0.717, 1.165) is 45.4 Å². The van der Waals surface area contributed by atoms with E-state index in [2.05, 4.69) is 97.3 Å². The molecule has 0 saturated carbocycles. The number of carbonyl (C=O) groups excluding carboxylic acids is 5. The second kappa shape index (κ2) is 43.8. The molecule has 0 saturated heterocycles. The summed E-state index contributed by atoms with van der Waals surface area (Å²) in [7, 11) is 8.96. The van der Waals surface area contributed by atoms with E-state index in [4.69, 9.17) is 29.6 Å². The highest BCUT2D eigenvalue weighted by atomic mass is 35.5. The highest BCUT2D eigenvalue weighted by Gasteiger charge is 2.20. The van der Waals surface area contributed by atoms with Crippen molar-refractivity contribution in [3.63, 3.8) is 0 Å². The van der Waals surface area contributed by atoms with Crippen molar-refractivity contribution in [2.24, 2.45) is 0 Å². The number of nitrogens with zero attached hydrogens (tertiary/aromatic N) is 18. The van der Waals surface area contributed by atoms with Crippen molar-refractivity contribution in [2.45, 2.75) is 27.7 Å². The van der Waals surface area contributed by atoms with Crippen molar-refractivity contribution in [2.75, 3.05) is 86.3 Å². The van der Waals surface area contributed by atoms with Gasteiger partial charge in [0.2, 0.25) is 0 Å². The smallest absolute Gasteiger partial charge is 0.274 e. The minimum Gasteiger partial charge on any atom is -0.342 e. The zero-order valence-electron chi connectivity index (χ0n) is 69.2. The Morgan fingerprint density at radius 2 is 0.659 bits per heavy atom. The van der Waals surface area contributed by atoms with Crippen LogP contribution in [-0.2, 0) is 0 Å². The van der Waals surface area contributed by atoms with Crippen LogP contribution in [-0.4, -0.2) is 130 Å². The summed E-state index contributed by atoms with van der Waals surface area (Å²) in [4.78, 5) is 123. The number of hydrogen-bond donors (Lipinski definition) is 5. The molecule has 632 valence electrons. The number of aryl methyl sites for hydroxylation is 4. The van der Waals surface area contributed by atoms with Crippen molar-refractivity contribution >= 4 is 138 Å². The van der Waals surface area contributed by atoms with Gasteiger partial charge in [0.05, 0.1) is 107 Å². The van der Waals surface area contributed by atoms with Crippen LogP contribution in [0.25, 0.3) is 0 Å². The fourth-order valence-corrected chi connectivity index (χ4v) is 12.3. The van der Waals surface area contributed by atoms with Gasteiger partial charge in [-0.1, -0.05) is 71.1 Å². The lowest BCUT2D eigenvalue weighted by atomic mass is 10.1. The first-order valence-electron chi connectivity index (χ1n) is 38.2. The van der Waals surface area contributed by atoms with E-state index in [1.165, 1.54) is 68.0 Å². The minimum absolute atomic E-state index is 0.178. The number of aromatic nitrogens is 13. The van der Waals surface area contributed by atoms with Gasteiger partial charge in [-0.15, -0.1) is 6.42 Å². The summed E-state index contributed by atoms with van der Waals surface area (Å²) in [5, 5.41) is 14.9. The first-order chi connectivity index (χ1) is 60.7. The Balaban J connectivity index is 0.000000153. The predicted molar refractivity (Wildman–Crippen MR) is 485 cm³/mol. The minimum atomic E-state index is -0.473. The largest absolute Gasteiger partial charge is 0.342 e. The number of rotatable bonds is 20. The number of hydrogen-bond acceptors (Lipinski definition) is 23. The van der Waals surface area contributed by atoms with Crippen LogP contribution in [0.1, 0.15) is 80.4 Å². The van der Waals surface area contributed by atoms with Crippen LogP contribution in [0.15, 0.2) is 288 Å². The monoisotopic (exact) mass is 1730 g/mol. The Labute approximate surface area is 733 Å². The Kier molecular flexibility index (Phi) is 31.4. The van der Waals surface area contributed by atoms with Gasteiger partial charge in [0, 0.05) is 120 Å². The fourth-order valence-electron chi connectivity index (χ4n) is 11.8. The first-order valence-corrected chi connectivity index (χ1v) is 38.9. The Hall–Kier alpha value is -16.3. The molecule has 126 heavy (non-hydrogen) atoms. The van der Waals surface area contributed by atoms with Gasteiger partial charge in [0.15, 0.2) is 0 Å². The van der Waals surface area contributed by atoms with Crippen molar-refractivity contribution < 1.29 is 37.1 Å². The van der Waals surface area contributed by atoms with E-state index in [0.29, 0.717) is 101 Å². The molecule has 0 unspecified atom stereocenters. The third-order valence-electron chi connectivity index (χ3n) is 18.3. The molecule has 5 amide bonds. The van der Waals surface area contributed by atoms with Gasteiger partial charge in [-0.3, -0.25) is 24.0 Å². The fraction of sp³-hybridized carbons (Fsp3) is 0.0968. The molecular weight excluding hydrogens is 1650 g/mol. The zero-order chi connectivity index (χ0) is 89.8. The quantitative estimate of drug-likeness (QED) is 0.0443. The maximum absolute atomic E-state index is 14.2. The molecule has 0 aliphatic heterocycles. The van der Waals surface area contributed by atoms with Gasteiger partial charge in [-0.25, -0.2) is 78.0 Å². The number of nitrogens with one attached hydrogen (secondary N) is 5. The van der Waals surface area contributed by atoms with Gasteiger partial charge in [0.1, 0.15) is 66.2 Å². The molecule has 0 bridgehead atoms. The molecule has 8 heterocycles. The van der Waals surface area contributed by atoms with Gasteiger partial charge in [-0.2, -0.15) is 0 Å². The maximum atomic E-state index is 14.2. The predicted octanol–water partition coefficient (Wildman–Crippen LogP) is 18.6. The molecular formula is C93H80Cl2F3N23O5. The highest BCUT2D eigenvalue weighted by molar-refractivity contribution is 6.33. The normalized spacial score (nSPS) is 10.3. The summed E-state index contributed by atoms with van der Waals surface area (Å²) in [6, 6.07) is 53.4. The van der Waals surface area contributed by atoms with Crippen LogP contribution in [0.3, 0.4) is 0 Å². The summed E-state index contributed by atoms with van der Waals surface area (Å²) in [5.74, 6) is -0.453. The van der Waals surface area contributed by atoms with Crippen LogP contribution < -0.4 is 51.1 Å². The highest BCUT2D eigenvalue weighted by Crippen LogP contribution is 2.35. The molecule has 0 aliphatic rings. The van der Waals surface area contributed by atoms with Crippen molar-refractivity contribution in [3.8, 4) is 12.3 Å².